The molecule has 16 atom stereocenters. The quantitative estimate of drug-likeness (QED) is 0.118. The predicted octanol–water partition coefficient (Wildman–Crippen LogP) is -3.69. The largest absolute Gasteiger partial charge is 0.507 e. The first kappa shape index (κ1) is 38.5. The Morgan fingerprint density at radius 1 is 0.673 bits per heavy atom. The normalized spacial score (nSPS) is 40.8. The first-order valence-corrected chi connectivity index (χ1v) is 16.5. The summed E-state index contributed by atoms with van der Waals surface area (Å²) >= 11 is 0. The van der Waals surface area contributed by atoms with E-state index in [9.17, 15) is 61.0 Å². The van der Waals surface area contributed by atoms with E-state index >= 15 is 0 Å². The number of carbonyl (C=O) groups excluding carboxylic acids is 1. The Hall–Kier alpha value is -3.25. The maximum Gasteiger partial charge on any atom is 0.229 e. The number of aliphatic hydroxyl groups is 10. The summed E-state index contributed by atoms with van der Waals surface area (Å²) in [6, 6.07) is 8.40. The van der Waals surface area contributed by atoms with Crippen LogP contribution in [0.5, 0.6) is 23.0 Å². The standard InChI is InChI=1S/C33H42O19/c1-11-22(38)25(41)28(44)31(46-11)52-30-27(43)24(40)20(10-35)51-33(30)48-14-6-15(36)21-16(37)8-17(49-18(21)7-14)12-2-4-13(5-3-12)47-32-29(45)26(42)23(39)19(9-34)50-32/h2-7,11,17,19-20,22-36,38-45H,8-10H2,1H3/t11-,17?,19+,20-,22-,23+,24-,25-,26+,27-,28-,29-,30-,31+,32+,33-/m1/s1. The molecule has 1 unspecified atom stereocenters. The third-order valence-corrected chi connectivity index (χ3v) is 9.50. The summed E-state index contributed by atoms with van der Waals surface area (Å²) in [4.78, 5) is 13.2. The van der Waals surface area contributed by atoms with Crippen LogP contribution in [0.3, 0.4) is 0 Å². The highest BCUT2D eigenvalue weighted by atomic mass is 16.8. The predicted molar refractivity (Wildman–Crippen MR) is 167 cm³/mol. The molecule has 288 valence electrons. The SMILES string of the molecule is C[C@H]1O[C@@H](O[C@H]2[C@H](Oc3cc(O)c4c(c3)OC(c3ccc(O[C@H]5O[C@@H](CO)[C@H](O)[C@H](O)[C@H]5O)cc3)CC4=O)O[C@H](CO)[C@@H](O)[C@H]2O)[C@H](O)[C@H](O)[C@@H]1O. The molecule has 4 heterocycles. The molecule has 2 aromatic rings. The molecule has 4 aliphatic rings. The minimum Gasteiger partial charge on any atom is -0.507 e. The summed E-state index contributed by atoms with van der Waals surface area (Å²) in [6.45, 7) is 0.0222. The minimum absolute atomic E-state index is 0.0950. The Labute approximate surface area is 295 Å². The van der Waals surface area contributed by atoms with E-state index in [4.69, 9.17) is 33.2 Å². The number of hydrogen-bond acceptors (Lipinski definition) is 19. The maximum atomic E-state index is 13.2. The number of ketones is 1. The number of ether oxygens (including phenoxy) is 7. The summed E-state index contributed by atoms with van der Waals surface area (Å²) in [5.74, 6) is -1.09. The van der Waals surface area contributed by atoms with Gasteiger partial charge in [-0.15, -0.1) is 0 Å². The molecule has 0 radical (unpaired) electrons. The van der Waals surface area contributed by atoms with E-state index < -0.39 is 123 Å². The van der Waals surface area contributed by atoms with E-state index in [0.717, 1.165) is 6.07 Å². The van der Waals surface area contributed by atoms with Crippen LogP contribution in [0.4, 0.5) is 0 Å². The van der Waals surface area contributed by atoms with Crippen molar-refractivity contribution in [2.75, 3.05) is 13.2 Å². The van der Waals surface area contributed by atoms with Gasteiger partial charge in [0.2, 0.25) is 12.6 Å². The number of rotatable bonds is 9. The number of aliphatic hydroxyl groups excluding tert-OH is 10. The molecular weight excluding hydrogens is 700 g/mol. The Kier molecular flexibility index (Phi) is 11.6. The second kappa shape index (κ2) is 15.6. The van der Waals surface area contributed by atoms with Gasteiger partial charge in [-0.2, -0.15) is 0 Å². The molecule has 0 bridgehead atoms. The molecule has 0 aromatic heterocycles. The van der Waals surface area contributed by atoms with Gasteiger partial charge in [-0.3, -0.25) is 4.79 Å². The van der Waals surface area contributed by atoms with Crippen molar-refractivity contribution < 1.29 is 94.1 Å². The Morgan fingerprint density at radius 3 is 1.90 bits per heavy atom. The molecule has 6 rings (SSSR count). The fraction of sp³-hybridized carbons (Fsp3) is 0.606. The van der Waals surface area contributed by atoms with Gasteiger partial charge < -0.3 is 89.3 Å². The molecule has 0 aliphatic carbocycles. The van der Waals surface area contributed by atoms with Crippen molar-refractivity contribution in [3.63, 3.8) is 0 Å². The van der Waals surface area contributed by atoms with Crippen LogP contribution in [0.1, 0.15) is 35.4 Å². The van der Waals surface area contributed by atoms with E-state index in [0.29, 0.717) is 5.56 Å². The molecule has 19 heteroatoms. The van der Waals surface area contributed by atoms with E-state index in [-0.39, 0.29) is 29.2 Å². The highest BCUT2D eigenvalue weighted by Gasteiger charge is 2.51. The van der Waals surface area contributed by atoms with E-state index in [1.165, 1.54) is 25.1 Å². The third kappa shape index (κ3) is 7.43. The zero-order valence-corrected chi connectivity index (χ0v) is 27.5. The lowest BCUT2D eigenvalue weighted by molar-refractivity contribution is -0.354. The molecular formula is C33H42O19. The van der Waals surface area contributed by atoms with Crippen molar-refractivity contribution in [1.82, 2.24) is 0 Å². The lowest BCUT2D eigenvalue weighted by Gasteiger charge is -2.45. The van der Waals surface area contributed by atoms with Gasteiger partial charge in [0.15, 0.2) is 18.2 Å². The Bertz CT molecular complexity index is 1540. The van der Waals surface area contributed by atoms with Crippen LogP contribution in [0, 0.1) is 0 Å². The van der Waals surface area contributed by atoms with E-state index in [2.05, 4.69) is 0 Å². The minimum atomic E-state index is -1.80. The number of phenols is 1. The van der Waals surface area contributed by atoms with Gasteiger partial charge in [0.05, 0.1) is 25.7 Å². The molecule has 2 aromatic carbocycles. The number of hydrogen-bond donors (Lipinski definition) is 11. The van der Waals surface area contributed by atoms with E-state index in [1.807, 2.05) is 0 Å². The topological polar surface area (TPSA) is 304 Å². The van der Waals surface area contributed by atoms with Crippen molar-refractivity contribution in [2.45, 2.75) is 112 Å². The molecule has 11 N–H and O–H groups in total. The van der Waals surface area contributed by atoms with Gasteiger partial charge in [-0.05, 0) is 24.6 Å². The zero-order valence-electron chi connectivity index (χ0n) is 27.5. The summed E-state index contributed by atoms with van der Waals surface area (Å²) in [7, 11) is 0. The summed E-state index contributed by atoms with van der Waals surface area (Å²) in [6.07, 6.45) is -24.2. The van der Waals surface area contributed by atoms with Gasteiger partial charge in [0.25, 0.3) is 0 Å². The number of phenolic OH excluding ortho intramolecular Hbond substituents is 1. The first-order valence-electron chi connectivity index (χ1n) is 16.5. The highest BCUT2D eigenvalue weighted by Crippen LogP contribution is 2.43. The van der Waals surface area contributed by atoms with Crippen LogP contribution in [0.2, 0.25) is 0 Å². The second-order valence-corrected chi connectivity index (χ2v) is 13.0. The molecule has 19 nitrogen and oxygen atoms in total. The fourth-order valence-corrected chi connectivity index (χ4v) is 6.44. The Morgan fingerprint density at radius 2 is 1.25 bits per heavy atom. The Balaban J connectivity index is 1.19. The van der Waals surface area contributed by atoms with Gasteiger partial charge in [-0.1, -0.05) is 12.1 Å². The van der Waals surface area contributed by atoms with Gasteiger partial charge >= 0.3 is 0 Å². The molecule has 0 amide bonds. The van der Waals surface area contributed by atoms with Crippen LogP contribution in [-0.4, -0.2) is 167 Å². The van der Waals surface area contributed by atoms with Crippen LogP contribution < -0.4 is 14.2 Å². The first-order chi connectivity index (χ1) is 24.7. The summed E-state index contributed by atoms with van der Waals surface area (Å²) in [5, 5.41) is 113. The lowest BCUT2D eigenvalue weighted by Crippen LogP contribution is -2.64. The fourth-order valence-electron chi connectivity index (χ4n) is 6.44. The number of Topliss-reactive ketones (excluding diaryl/α,β-unsaturated/α-hetero) is 1. The van der Waals surface area contributed by atoms with Gasteiger partial charge in [0, 0.05) is 12.1 Å². The van der Waals surface area contributed by atoms with Crippen molar-refractivity contribution in [1.29, 1.82) is 0 Å². The highest BCUT2D eigenvalue weighted by molar-refractivity contribution is 6.02. The number of aromatic hydroxyl groups is 1. The smallest absolute Gasteiger partial charge is 0.229 e. The third-order valence-electron chi connectivity index (χ3n) is 9.50. The van der Waals surface area contributed by atoms with Gasteiger partial charge in [-0.25, -0.2) is 0 Å². The van der Waals surface area contributed by atoms with Crippen molar-refractivity contribution in [3.8, 4) is 23.0 Å². The molecule has 52 heavy (non-hydrogen) atoms. The number of fused-ring (bicyclic) bond motifs is 1. The second-order valence-electron chi connectivity index (χ2n) is 13.0. The van der Waals surface area contributed by atoms with Crippen molar-refractivity contribution >= 4 is 5.78 Å². The van der Waals surface area contributed by atoms with Crippen LogP contribution >= 0.6 is 0 Å². The van der Waals surface area contributed by atoms with Crippen molar-refractivity contribution in [3.05, 3.63) is 47.5 Å². The number of benzene rings is 2. The molecule has 0 spiro atoms. The van der Waals surface area contributed by atoms with Crippen LogP contribution in [0.15, 0.2) is 36.4 Å². The molecule has 0 saturated carbocycles. The monoisotopic (exact) mass is 742 g/mol. The van der Waals surface area contributed by atoms with Crippen LogP contribution in [0.25, 0.3) is 0 Å². The average Bonchev–Trinajstić information content (AvgIpc) is 3.12. The van der Waals surface area contributed by atoms with E-state index in [1.54, 1.807) is 12.1 Å². The lowest BCUT2D eigenvalue weighted by atomic mass is 9.95. The summed E-state index contributed by atoms with van der Waals surface area (Å²) < 4.78 is 39.8. The molecule has 4 aliphatic heterocycles. The van der Waals surface area contributed by atoms with Crippen LogP contribution in [-0.2, 0) is 18.9 Å². The molecule has 3 saturated heterocycles. The zero-order chi connectivity index (χ0) is 37.6. The molecule has 3 fully saturated rings. The average molecular weight is 743 g/mol. The maximum absolute atomic E-state index is 13.2. The van der Waals surface area contributed by atoms with Gasteiger partial charge in [0.1, 0.15) is 95.7 Å². The number of carbonyl (C=O) groups is 1. The van der Waals surface area contributed by atoms with Crippen molar-refractivity contribution in [2.24, 2.45) is 0 Å². The summed E-state index contributed by atoms with van der Waals surface area (Å²) in [5.41, 5.74) is 0.345.